The molecule has 0 bridgehead atoms. The molecule has 0 atom stereocenters. The monoisotopic (exact) mass is 360 g/mol. The number of carbonyl (C=O) groups is 3. The van der Waals surface area contributed by atoms with Crippen molar-refractivity contribution in [3.05, 3.63) is 58.2 Å². The van der Waals surface area contributed by atoms with Gasteiger partial charge in [-0.1, -0.05) is 24.3 Å². The van der Waals surface area contributed by atoms with Crippen molar-refractivity contribution < 1.29 is 33.7 Å². The topological polar surface area (TPSA) is 99.1 Å². The third-order valence-corrected chi connectivity index (χ3v) is 4.02. The van der Waals surface area contributed by atoms with E-state index in [9.17, 15) is 14.4 Å². The van der Waals surface area contributed by atoms with Crippen LogP contribution in [0.15, 0.2) is 47.1 Å². The maximum atomic E-state index is 12.7. The lowest BCUT2D eigenvalue weighted by molar-refractivity contribution is -0.137. The minimum absolute atomic E-state index is 0.0487. The van der Waals surface area contributed by atoms with E-state index < -0.39 is 17.5 Å². The van der Waals surface area contributed by atoms with E-state index in [2.05, 4.69) is 0 Å². The second-order valence-corrected chi connectivity index (χ2v) is 5.62. The Morgan fingerprint density at radius 2 is 1.35 bits per heavy atom. The summed E-state index contributed by atoms with van der Waals surface area (Å²) in [7, 11) is 3.90. The van der Waals surface area contributed by atoms with Crippen molar-refractivity contribution in [3.8, 4) is 0 Å². The lowest BCUT2D eigenvalue weighted by atomic mass is 9.92. The number of ketones is 2. The molecule has 1 aliphatic carbocycles. The maximum Gasteiger partial charge on any atom is 0.303 e. The van der Waals surface area contributed by atoms with Gasteiger partial charge in [0.25, 0.3) is 5.78 Å². The summed E-state index contributed by atoms with van der Waals surface area (Å²) in [5, 5.41) is 8.73. The summed E-state index contributed by atoms with van der Waals surface area (Å²) < 4.78 is 15.2. The van der Waals surface area contributed by atoms with Gasteiger partial charge in [0.2, 0.25) is 17.3 Å². The molecule has 0 saturated carbocycles. The van der Waals surface area contributed by atoms with Crippen LogP contribution in [0.3, 0.4) is 0 Å². The SMILES string of the molecule is COC1=C(Cc2ccc(CCC(=O)O)cc2)C(=O)C(OC)=C(OC)C1=O. The van der Waals surface area contributed by atoms with Gasteiger partial charge in [0, 0.05) is 12.8 Å². The number of carboxylic acids is 1. The van der Waals surface area contributed by atoms with Crippen molar-refractivity contribution in [2.45, 2.75) is 19.3 Å². The van der Waals surface area contributed by atoms with Crippen LogP contribution in [-0.2, 0) is 41.4 Å². The van der Waals surface area contributed by atoms with Gasteiger partial charge >= 0.3 is 5.97 Å². The summed E-state index contributed by atoms with van der Waals surface area (Å²) in [6, 6.07) is 7.18. The van der Waals surface area contributed by atoms with Crippen molar-refractivity contribution in [3.63, 3.8) is 0 Å². The third kappa shape index (κ3) is 3.93. The zero-order valence-corrected chi connectivity index (χ0v) is 14.8. The fraction of sp³-hybridized carbons (Fsp3) is 0.316. The Hall–Kier alpha value is -3.09. The summed E-state index contributed by atoms with van der Waals surface area (Å²) in [6.07, 6.45) is 0.650. The van der Waals surface area contributed by atoms with Gasteiger partial charge < -0.3 is 19.3 Å². The van der Waals surface area contributed by atoms with Gasteiger partial charge in [-0.05, 0) is 17.5 Å². The molecule has 138 valence electrons. The van der Waals surface area contributed by atoms with Gasteiger partial charge in [0.05, 0.1) is 26.9 Å². The Morgan fingerprint density at radius 1 is 0.846 bits per heavy atom. The zero-order chi connectivity index (χ0) is 19.3. The summed E-state index contributed by atoms with van der Waals surface area (Å²) in [5.41, 5.74) is 1.85. The van der Waals surface area contributed by atoms with Crippen molar-refractivity contribution >= 4 is 17.5 Å². The number of hydrogen-bond acceptors (Lipinski definition) is 6. The number of Topliss-reactive ketones (excluding diaryl/α,β-unsaturated/α-hetero) is 2. The summed E-state index contributed by atoms with van der Waals surface area (Å²) >= 11 is 0. The standard InChI is InChI=1S/C19H20O7/c1-24-17-13(15(22)18(25-2)19(26-3)16(17)23)10-12-6-4-11(5-7-12)8-9-14(20)21/h4-7H,8-10H2,1-3H3,(H,20,21). The van der Waals surface area contributed by atoms with Gasteiger partial charge in [-0.3, -0.25) is 14.4 Å². The Labute approximate surface area is 150 Å². The number of carbonyl (C=O) groups excluding carboxylic acids is 2. The fourth-order valence-corrected chi connectivity index (χ4v) is 2.71. The molecule has 0 saturated heterocycles. The van der Waals surface area contributed by atoms with Gasteiger partial charge in [-0.2, -0.15) is 0 Å². The molecule has 0 fully saturated rings. The highest BCUT2D eigenvalue weighted by Crippen LogP contribution is 2.28. The van der Waals surface area contributed by atoms with E-state index in [0.717, 1.165) is 11.1 Å². The quantitative estimate of drug-likeness (QED) is 0.706. The Bertz CT molecular complexity index is 785. The van der Waals surface area contributed by atoms with Gasteiger partial charge in [0.15, 0.2) is 5.76 Å². The van der Waals surface area contributed by atoms with Crippen LogP contribution in [0.5, 0.6) is 0 Å². The van der Waals surface area contributed by atoms with Crippen LogP contribution < -0.4 is 0 Å². The van der Waals surface area contributed by atoms with Gasteiger partial charge in [-0.25, -0.2) is 0 Å². The number of rotatable bonds is 8. The molecule has 0 spiro atoms. The van der Waals surface area contributed by atoms with E-state index in [-0.39, 0.29) is 35.7 Å². The molecule has 1 N–H and O–H groups in total. The number of ether oxygens (including phenoxy) is 3. The smallest absolute Gasteiger partial charge is 0.303 e. The predicted octanol–water partition coefficient (Wildman–Crippen LogP) is 1.80. The highest BCUT2D eigenvalue weighted by atomic mass is 16.5. The number of benzene rings is 1. The number of aliphatic carboxylic acids is 1. The van der Waals surface area contributed by atoms with Crippen LogP contribution in [-0.4, -0.2) is 44.0 Å². The second kappa shape index (κ2) is 8.33. The van der Waals surface area contributed by atoms with E-state index in [1.54, 1.807) is 24.3 Å². The maximum absolute atomic E-state index is 12.7. The normalized spacial score (nSPS) is 14.6. The highest BCUT2D eigenvalue weighted by molar-refractivity contribution is 6.22. The van der Waals surface area contributed by atoms with Crippen molar-refractivity contribution in [2.75, 3.05) is 21.3 Å². The molecule has 0 radical (unpaired) electrons. The van der Waals surface area contributed by atoms with Crippen molar-refractivity contribution in [1.29, 1.82) is 0 Å². The van der Waals surface area contributed by atoms with Gasteiger partial charge in [0.1, 0.15) is 0 Å². The average molecular weight is 360 g/mol. The molecule has 26 heavy (non-hydrogen) atoms. The highest BCUT2D eigenvalue weighted by Gasteiger charge is 2.37. The van der Waals surface area contributed by atoms with Crippen LogP contribution in [0.25, 0.3) is 0 Å². The number of allylic oxidation sites excluding steroid dienone is 1. The van der Waals surface area contributed by atoms with Gasteiger partial charge in [-0.15, -0.1) is 0 Å². The molecular weight excluding hydrogens is 340 g/mol. The lowest BCUT2D eigenvalue weighted by Gasteiger charge is -2.21. The molecule has 1 aromatic rings. The van der Waals surface area contributed by atoms with Crippen LogP contribution in [0.4, 0.5) is 0 Å². The Morgan fingerprint density at radius 3 is 1.85 bits per heavy atom. The average Bonchev–Trinajstić information content (AvgIpc) is 2.63. The van der Waals surface area contributed by atoms with E-state index in [0.29, 0.717) is 6.42 Å². The van der Waals surface area contributed by atoms with Crippen LogP contribution in [0.2, 0.25) is 0 Å². The lowest BCUT2D eigenvalue weighted by Crippen LogP contribution is -2.27. The van der Waals surface area contributed by atoms with Crippen molar-refractivity contribution in [2.24, 2.45) is 0 Å². The van der Waals surface area contributed by atoms with Crippen LogP contribution in [0.1, 0.15) is 17.5 Å². The molecule has 0 heterocycles. The fourth-order valence-electron chi connectivity index (χ4n) is 2.71. The first-order chi connectivity index (χ1) is 12.4. The minimum Gasteiger partial charge on any atom is -0.492 e. The van der Waals surface area contributed by atoms with Crippen molar-refractivity contribution in [1.82, 2.24) is 0 Å². The molecule has 0 aliphatic heterocycles. The molecule has 0 amide bonds. The van der Waals surface area contributed by atoms with E-state index in [1.165, 1.54) is 21.3 Å². The van der Waals surface area contributed by atoms with E-state index >= 15 is 0 Å². The number of hydrogen-bond donors (Lipinski definition) is 1. The number of methoxy groups -OCH3 is 3. The van der Waals surface area contributed by atoms with Crippen LogP contribution >= 0.6 is 0 Å². The number of aryl methyl sites for hydroxylation is 1. The summed E-state index contributed by atoms with van der Waals surface area (Å²) in [4.78, 5) is 35.8. The minimum atomic E-state index is -0.858. The first-order valence-corrected chi connectivity index (χ1v) is 7.91. The molecule has 7 nitrogen and oxygen atoms in total. The largest absolute Gasteiger partial charge is 0.492 e. The third-order valence-electron chi connectivity index (χ3n) is 4.02. The Kier molecular flexibility index (Phi) is 6.16. The van der Waals surface area contributed by atoms with Crippen LogP contribution in [0, 0.1) is 0 Å². The molecule has 2 rings (SSSR count). The van der Waals surface area contributed by atoms with E-state index in [4.69, 9.17) is 19.3 Å². The molecule has 7 heteroatoms. The second-order valence-electron chi connectivity index (χ2n) is 5.62. The predicted molar refractivity (Wildman–Crippen MR) is 91.2 cm³/mol. The molecular formula is C19H20O7. The molecule has 0 unspecified atom stereocenters. The summed E-state index contributed by atoms with van der Waals surface area (Å²) in [5.74, 6) is -2.26. The first-order valence-electron chi connectivity index (χ1n) is 7.91. The summed E-state index contributed by atoms with van der Waals surface area (Å²) in [6.45, 7) is 0. The molecule has 1 aliphatic rings. The Balaban J connectivity index is 2.27. The van der Waals surface area contributed by atoms with E-state index in [1.807, 2.05) is 0 Å². The number of carboxylic acid groups (broad SMARTS) is 1. The molecule has 0 aromatic heterocycles. The molecule has 1 aromatic carbocycles. The zero-order valence-electron chi connectivity index (χ0n) is 14.8. The first kappa shape index (κ1) is 19.2.